The molecule has 3 heterocycles. The Labute approximate surface area is 260 Å². The predicted molar refractivity (Wildman–Crippen MR) is 165 cm³/mol. The molecule has 2 aliphatic rings. The summed E-state index contributed by atoms with van der Waals surface area (Å²) in [4.78, 5) is 19.6. The van der Waals surface area contributed by atoms with Crippen molar-refractivity contribution in [2.45, 2.75) is 50.6 Å². The molecule has 1 amide bonds. The largest absolute Gasteiger partial charge is 0.490 e. The maximum absolute atomic E-state index is 13.4. The number of fused-ring (bicyclic) bond motifs is 1. The molecule has 2 fully saturated rings. The molecule has 234 valence electrons. The van der Waals surface area contributed by atoms with E-state index in [4.69, 9.17) is 14.4 Å². The van der Waals surface area contributed by atoms with Gasteiger partial charge >= 0.3 is 6.18 Å². The molecule has 1 aromatic heterocycles. The fourth-order valence-corrected chi connectivity index (χ4v) is 6.29. The van der Waals surface area contributed by atoms with Gasteiger partial charge in [0.2, 0.25) is 0 Å². The van der Waals surface area contributed by atoms with Crippen molar-refractivity contribution < 1.29 is 27.1 Å². The number of benzene rings is 3. The number of alkyl halides is 3. The number of piperidine rings is 2. The highest BCUT2D eigenvalue weighted by molar-refractivity contribution is 5.96. The zero-order valence-electron chi connectivity index (χ0n) is 25.1. The smallest absolute Gasteiger partial charge is 0.416 e. The first-order chi connectivity index (χ1) is 21.7. The fraction of sp³-hybridized carbons (Fsp3) is 0.371. The van der Waals surface area contributed by atoms with Crippen LogP contribution in [-0.4, -0.2) is 61.1 Å². The number of likely N-dealkylation sites (tertiary alicyclic amines) is 1. The Bertz CT molecular complexity index is 1680. The van der Waals surface area contributed by atoms with Gasteiger partial charge in [0.25, 0.3) is 5.91 Å². The lowest BCUT2D eigenvalue weighted by Crippen LogP contribution is -2.45. The van der Waals surface area contributed by atoms with Crippen molar-refractivity contribution in [1.29, 1.82) is 5.26 Å². The molecule has 0 N–H and O–H groups in total. The van der Waals surface area contributed by atoms with Crippen molar-refractivity contribution in [1.82, 2.24) is 9.80 Å². The van der Waals surface area contributed by atoms with Gasteiger partial charge in [-0.2, -0.15) is 18.4 Å². The van der Waals surface area contributed by atoms with E-state index in [0.29, 0.717) is 35.7 Å². The highest BCUT2D eigenvalue weighted by atomic mass is 19.4. The number of hydrogen-bond acceptors (Lipinski definition) is 6. The van der Waals surface area contributed by atoms with Crippen LogP contribution in [0.4, 0.5) is 18.9 Å². The Kier molecular flexibility index (Phi) is 8.72. The first-order valence-electron chi connectivity index (χ1n) is 15.3. The number of carbonyl (C=O) groups excluding carboxylic acids is 1. The number of carbonyl (C=O) groups is 1. The molecule has 10 heteroatoms. The molecule has 2 saturated heterocycles. The molecule has 0 radical (unpaired) electrons. The first-order valence-corrected chi connectivity index (χ1v) is 15.3. The van der Waals surface area contributed by atoms with Crippen molar-refractivity contribution in [3.8, 4) is 11.8 Å². The predicted octanol–water partition coefficient (Wildman–Crippen LogP) is 7.11. The number of hydrogen-bond donors (Lipinski definition) is 0. The van der Waals surface area contributed by atoms with E-state index < -0.39 is 11.7 Å². The topological polar surface area (TPSA) is 73.0 Å². The van der Waals surface area contributed by atoms with Gasteiger partial charge in [-0.1, -0.05) is 12.1 Å². The van der Waals surface area contributed by atoms with E-state index in [2.05, 4.69) is 15.9 Å². The van der Waals surface area contributed by atoms with Crippen LogP contribution in [0.15, 0.2) is 77.2 Å². The molecule has 0 saturated carbocycles. The van der Waals surface area contributed by atoms with Crippen LogP contribution in [0.1, 0.15) is 52.9 Å². The van der Waals surface area contributed by atoms with Crippen LogP contribution < -0.4 is 9.64 Å². The van der Waals surface area contributed by atoms with Crippen LogP contribution in [0.5, 0.6) is 5.75 Å². The third-order valence-corrected chi connectivity index (χ3v) is 8.89. The normalized spacial score (nSPS) is 16.9. The second-order valence-corrected chi connectivity index (χ2v) is 11.9. The van der Waals surface area contributed by atoms with Gasteiger partial charge in [0, 0.05) is 69.7 Å². The molecule has 45 heavy (non-hydrogen) atoms. The van der Waals surface area contributed by atoms with Crippen molar-refractivity contribution in [2.24, 2.45) is 0 Å². The standard InChI is InChI=1S/C35H35F3N4O3/c1-40(28-11-15-41(16-12-28)23-25-4-2-3-24(19-25)22-39)34(43)33-21-26-20-31(9-10-32(26)45-33)44-30-13-17-42(18-14-30)29-7-5-27(6-8-29)35(36,37)38/h2-10,19-21,28,30H,11-18,23H2,1H3. The summed E-state index contributed by atoms with van der Waals surface area (Å²) in [5.41, 5.74) is 2.53. The molecule has 0 atom stereocenters. The Balaban J connectivity index is 1.01. The molecule has 7 nitrogen and oxygen atoms in total. The van der Waals surface area contributed by atoms with Crippen molar-refractivity contribution in [3.05, 3.63) is 95.2 Å². The van der Waals surface area contributed by atoms with Crippen molar-refractivity contribution >= 4 is 22.6 Å². The summed E-state index contributed by atoms with van der Waals surface area (Å²) in [6.45, 7) is 3.88. The number of amides is 1. The summed E-state index contributed by atoms with van der Waals surface area (Å²) < 4.78 is 50.9. The van der Waals surface area contributed by atoms with Gasteiger partial charge < -0.3 is 19.0 Å². The van der Waals surface area contributed by atoms with Crippen LogP contribution >= 0.6 is 0 Å². The lowest BCUT2D eigenvalue weighted by atomic mass is 10.0. The number of halogens is 3. The quantitative estimate of drug-likeness (QED) is 0.221. The van der Waals surface area contributed by atoms with Crippen LogP contribution in [0.25, 0.3) is 11.0 Å². The van der Waals surface area contributed by atoms with Gasteiger partial charge in [-0.25, -0.2) is 0 Å². The number of rotatable bonds is 7. The summed E-state index contributed by atoms with van der Waals surface area (Å²) in [5.74, 6) is 0.839. The molecule has 2 aliphatic heterocycles. The number of anilines is 1. The number of nitrogens with zero attached hydrogens (tertiary/aromatic N) is 4. The maximum atomic E-state index is 13.4. The number of nitriles is 1. The minimum absolute atomic E-state index is 0.0200. The van der Waals surface area contributed by atoms with E-state index in [-0.39, 0.29) is 18.1 Å². The lowest BCUT2D eigenvalue weighted by Gasteiger charge is -2.36. The molecular weight excluding hydrogens is 581 g/mol. The third-order valence-electron chi connectivity index (χ3n) is 8.89. The lowest BCUT2D eigenvalue weighted by molar-refractivity contribution is -0.137. The van der Waals surface area contributed by atoms with E-state index in [1.165, 1.54) is 12.1 Å². The van der Waals surface area contributed by atoms with Crippen LogP contribution in [0.3, 0.4) is 0 Å². The Hall–Kier alpha value is -4.49. The first kappa shape index (κ1) is 30.5. The summed E-state index contributed by atoms with van der Waals surface area (Å²) in [7, 11) is 1.83. The molecule has 0 spiro atoms. The summed E-state index contributed by atoms with van der Waals surface area (Å²) in [5, 5.41) is 9.95. The van der Waals surface area contributed by atoms with Crippen molar-refractivity contribution in [3.63, 3.8) is 0 Å². The maximum Gasteiger partial charge on any atom is 0.416 e. The molecule has 0 aliphatic carbocycles. The Morgan fingerprint density at radius 2 is 1.71 bits per heavy atom. The average molecular weight is 617 g/mol. The third kappa shape index (κ3) is 7.10. The van der Waals surface area contributed by atoms with Crippen molar-refractivity contribution in [2.75, 3.05) is 38.1 Å². The zero-order valence-corrected chi connectivity index (χ0v) is 25.1. The van der Waals surface area contributed by atoms with E-state index in [1.807, 2.05) is 49.5 Å². The van der Waals surface area contributed by atoms with Crippen LogP contribution in [-0.2, 0) is 12.7 Å². The second-order valence-electron chi connectivity index (χ2n) is 11.9. The van der Waals surface area contributed by atoms with Crippen LogP contribution in [0.2, 0.25) is 0 Å². The summed E-state index contributed by atoms with van der Waals surface area (Å²) in [6, 6.07) is 22.6. The molecule has 0 bridgehead atoms. The van der Waals surface area contributed by atoms with E-state index in [9.17, 15) is 18.0 Å². The number of furan rings is 1. The van der Waals surface area contributed by atoms with Crippen LogP contribution in [0, 0.1) is 11.3 Å². The molecule has 4 aromatic rings. The van der Waals surface area contributed by atoms with Gasteiger partial charge in [0.05, 0.1) is 17.2 Å². The zero-order chi connectivity index (χ0) is 31.6. The van der Waals surface area contributed by atoms with Gasteiger partial charge in [-0.15, -0.1) is 0 Å². The highest BCUT2D eigenvalue weighted by Gasteiger charge is 2.31. The average Bonchev–Trinajstić information content (AvgIpc) is 3.48. The molecule has 0 unspecified atom stereocenters. The molecule has 6 rings (SSSR count). The second kappa shape index (κ2) is 12.9. The number of ether oxygens (including phenoxy) is 1. The Morgan fingerprint density at radius 3 is 2.40 bits per heavy atom. The van der Waals surface area contributed by atoms with Gasteiger partial charge in [0.1, 0.15) is 17.4 Å². The van der Waals surface area contributed by atoms with Gasteiger partial charge in [-0.3, -0.25) is 9.69 Å². The molecule has 3 aromatic carbocycles. The summed E-state index contributed by atoms with van der Waals surface area (Å²) in [6.07, 6.45) is -1.17. The Morgan fingerprint density at radius 1 is 0.978 bits per heavy atom. The summed E-state index contributed by atoms with van der Waals surface area (Å²) >= 11 is 0. The van der Waals surface area contributed by atoms with Gasteiger partial charge in [-0.05, 0) is 79.1 Å². The van der Waals surface area contributed by atoms with E-state index >= 15 is 0 Å². The SMILES string of the molecule is CN(C(=O)c1cc2cc(OC3CCN(c4ccc(C(F)(F)F)cc4)CC3)ccc2o1)C1CCN(Cc2cccc(C#N)c2)CC1. The highest BCUT2D eigenvalue weighted by Crippen LogP contribution is 2.32. The monoisotopic (exact) mass is 616 g/mol. The van der Waals surface area contributed by atoms with E-state index in [1.54, 1.807) is 11.0 Å². The van der Waals surface area contributed by atoms with E-state index in [0.717, 1.165) is 74.1 Å². The molecular formula is C35H35F3N4O3. The minimum Gasteiger partial charge on any atom is -0.490 e. The van der Waals surface area contributed by atoms with Gasteiger partial charge in [0.15, 0.2) is 5.76 Å². The minimum atomic E-state index is -4.34. The fourth-order valence-electron chi connectivity index (χ4n) is 6.29.